The second kappa shape index (κ2) is 7.88. The van der Waals surface area contributed by atoms with Crippen LogP contribution in [0, 0.1) is 13.8 Å². The first-order valence-corrected chi connectivity index (χ1v) is 6.69. The van der Waals surface area contributed by atoms with E-state index in [-0.39, 0.29) is 7.43 Å². The molecule has 2 nitrogen and oxygen atoms in total. The van der Waals surface area contributed by atoms with Gasteiger partial charge in [-0.1, -0.05) is 7.43 Å². The summed E-state index contributed by atoms with van der Waals surface area (Å²) in [6.45, 7) is 13.0. The third-order valence-electron chi connectivity index (χ3n) is 3.01. The Morgan fingerprint density at radius 1 is 0.895 bits per heavy atom. The molecule has 0 aliphatic carbocycles. The van der Waals surface area contributed by atoms with Gasteiger partial charge in [0.25, 0.3) is 0 Å². The molecule has 0 saturated carbocycles. The van der Waals surface area contributed by atoms with Gasteiger partial charge in [-0.25, -0.2) is 0 Å². The van der Waals surface area contributed by atoms with Crippen LogP contribution in [0.4, 0.5) is 0 Å². The second-order valence-electron chi connectivity index (χ2n) is 5.38. The standard InChI is InChI=1S/2C8H13N.CH4/c1-7(2)9-5-4-8(3)6-9;1-7(2)9-6-4-5-8(9)3;/h2*4-7H,1-3H3;1H4. The van der Waals surface area contributed by atoms with Crippen molar-refractivity contribution in [2.24, 2.45) is 0 Å². The van der Waals surface area contributed by atoms with Crippen LogP contribution in [0.2, 0.25) is 0 Å². The van der Waals surface area contributed by atoms with Gasteiger partial charge in [0.05, 0.1) is 0 Å². The third-order valence-corrected chi connectivity index (χ3v) is 3.01. The minimum absolute atomic E-state index is 0. The molecule has 0 aliphatic rings. The van der Waals surface area contributed by atoms with Crippen LogP contribution in [-0.4, -0.2) is 9.13 Å². The highest BCUT2D eigenvalue weighted by Gasteiger charge is 1.96. The van der Waals surface area contributed by atoms with Crippen molar-refractivity contribution >= 4 is 0 Å². The maximum atomic E-state index is 2.25. The van der Waals surface area contributed by atoms with Crippen molar-refractivity contribution < 1.29 is 0 Å². The lowest BCUT2D eigenvalue weighted by Gasteiger charge is -2.08. The Bertz CT molecular complexity index is 461. The van der Waals surface area contributed by atoms with E-state index in [9.17, 15) is 0 Å². The van der Waals surface area contributed by atoms with E-state index in [1.807, 2.05) is 0 Å². The highest BCUT2D eigenvalue weighted by Crippen LogP contribution is 2.08. The van der Waals surface area contributed by atoms with E-state index in [1.165, 1.54) is 11.3 Å². The predicted octanol–water partition coefficient (Wildman–Crippen LogP) is 5.39. The monoisotopic (exact) mass is 262 g/mol. The Morgan fingerprint density at radius 3 is 1.74 bits per heavy atom. The molecule has 0 atom stereocenters. The van der Waals surface area contributed by atoms with E-state index in [0.29, 0.717) is 12.1 Å². The molecule has 2 aromatic rings. The second-order valence-corrected chi connectivity index (χ2v) is 5.38. The molecule has 0 aromatic carbocycles. The van der Waals surface area contributed by atoms with Gasteiger partial charge >= 0.3 is 0 Å². The summed E-state index contributed by atoms with van der Waals surface area (Å²) in [7, 11) is 0. The maximum Gasteiger partial charge on any atom is 0.0276 e. The largest absolute Gasteiger partial charge is 0.352 e. The van der Waals surface area contributed by atoms with Crippen LogP contribution in [0.1, 0.15) is 58.5 Å². The van der Waals surface area contributed by atoms with E-state index >= 15 is 0 Å². The highest BCUT2D eigenvalue weighted by molar-refractivity contribution is 5.07. The summed E-state index contributed by atoms with van der Waals surface area (Å²) < 4.78 is 4.45. The molecular weight excluding hydrogens is 232 g/mol. The Labute approximate surface area is 119 Å². The van der Waals surface area contributed by atoms with Crippen molar-refractivity contribution in [1.82, 2.24) is 9.13 Å². The van der Waals surface area contributed by atoms with Crippen LogP contribution in [0.15, 0.2) is 36.8 Å². The average molecular weight is 262 g/mol. The number of hydrogen-bond acceptors (Lipinski definition) is 0. The molecule has 0 N–H and O–H groups in total. The molecular formula is C17H30N2. The molecule has 0 radical (unpaired) electrons. The summed E-state index contributed by atoms with van der Waals surface area (Å²) in [4.78, 5) is 0. The topological polar surface area (TPSA) is 9.86 Å². The molecule has 2 rings (SSSR count). The summed E-state index contributed by atoms with van der Waals surface area (Å²) in [6.07, 6.45) is 6.38. The van der Waals surface area contributed by atoms with Gasteiger partial charge in [-0.05, 0) is 65.3 Å². The number of aromatic nitrogens is 2. The average Bonchev–Trinajstić information content (AvgIpc) is 2.87. The fourth-order valence-electron chi connectivity index (χ4n) is 1.90. The van der Waals surface area contributed by atoms with Crippen molar-refractivity contribution in [3.8, 4) is 0 Å². The number of rotatable bonds is 2. The zero-order valence-electron chi connectivity index (χ0n) is 12.5. The highest BCUT2D eigenvalue weighted by atomic mass is 15.0. The molecule has 0 unspecified atom stereocenters. The van der Waals surface area contributed by atoms with Gasteiger partial charge in [-0.2, -0.15) is 0 Å². The van der Waals surface area contributed by atoms with Gasteiger partial charge in [-0.3, -0.25) is 0 Å². The lowest BCUT2D eigenvalue weighted by atomic mass is 10.4. The van der Waals surface area contributed by atoms with Gasteiger partial charge in [-0.15, -0.1) is 0 Å². The van der Waals surface area contributed by atoms with E-state index < -0.39 is 0 Å². The zero-order valence-corrected chi connectivity index (χ0v) is 12.5. The molecule has 0 fully saturated rings. The molecule has 108 valence electrons. The van der Waals surface area contributed by atoms with Crippen molar-refractivity contribution in [1.29, 1.82) is 0 Å². The molecule has 2 aromatic heterocycles. The SMILES string of the molecule is C.Cc1cccn1C(C)C.Cc1ccn(C(C)C)c1. The van der Waals surface area contributed by atoms with Crippen LogP contribution < -0.4 is 0 Å². The van der Waals surface area contributed by atoms with Crippen molar-refractivity contribution in [3.63, 3.8) is 0 Å². The van der Waals surface area contributed by atoms with E-state index in [1.54, 1.807) is 0 Å². The zero-order chi connectivity index (χ0) is 13.7. The van der Waals surface area contributed by atoms with Crippen molar-refractivity contribution in [2.75, 3.05) is 0 Å². The summed E-state index contributed by atoms with van der Waals surface area (Å²) in [5.41, 5.74) is 2.67. The van der Waals surface area contributed by atoms with Crippen molar-refractivity contribution in [2.45, 2.75) is 61.1 Å². The molecule has 0 bridgehead atoms. The first-order valence-electron chi connectivity index (χ1n) is 6.69. The van der Waals surface area contributed by atoms with Crippen LogP contribution >= 0.6 is 0 Å². The Balaban J connectivity index is 0.000000324. The summed E-state index contributed by atoms with van der Waals surface area (Å²) in [5.74, 6) is 0. The fraction of sp³-hybridized carbons (Fsp3) is 0.529. The van der Waals surface area contributed by atoms with E-state index in [2.05, 4.69) is 87.5 Å². The fourth-order valence-corrected chi connectivity index (χ4v) is 1.90. The van der Waals surface area contributed by atoms with Gasteiger partial charge in [0.15, 0.2) is 0 Å². The maximum absolute atomic E-state index is 2.25. The minimum atomic E-state index is 0. The summed E-state index contributed by atoms with van der Waals surface area (Å²) in [5, 5.41) is 0. The smallest absolute Gasteiger partial charge is 0.0276 e. The molecule has 19 heavy (non-hydrogen) atoms. The van der Waals surface area contributed by atoms with E-state index in [0.717, 1.165) is 0 Å². The first-order chi connectivity index (χ1) is 8.41. The molecule has 0 aliphatic heterocycles. The summed E-state index contributed by atoms with van der Waals surface area (Å²) >= 11 is 0. The number of hydrogen-bond donors (Lipinski definition) is 0. The Morgan fingerprint density at radius 2 is 1.53 bits per heavy atom. The Hall–Kier alpha value is -1.44. The normalized spacial score (nSPS) is 10.1. The third kappa shape index (κ3) is 5.37. The van der Waals surface area contributed by atoms with Gasteiger partial charge in [0, 0.05) is 36.4 Å². The number of nitrogens with zero attached hydrogens (tertiary/aromatic N) is 2. The molecule has 0 spiro atoms. The lowest BCUT2D eigenvalue weighted by molar-refractivity contribution is 0.589. The van der Waals surface area contributed by atoms with Crippen LogP contribution in [0.3, 0.4) is 0 Å². The lowest BCUT2D eigenvalue weighted by Crippen LogP contribution is -1.99. The molecule has 0 amide bonds. The Kier molecular flexibility index (Phi) is 7.28. The van der Waals surface area contributed by atoms with Gasteiger partial charge in [0.1, 0.15) is 0 Å². The van der Waals surface area contributed by atoms with E-state index in [4.69, 9.17) is 0 Å². The predicted molar refractivity (Wildman–Crippen MR) is 85.8 cm³/mol. The molecule has 0 saturated heterocycles. The number of aryl methyl sites for hydroxylation is 2. The first kappa shape index (κ1) is 17.6. The van der Waals surface area contributed by atoms with Crippen LogP contribution in [0.5, 0.6) is 0 Å². The van der Waals surface area contributed by atoms with Crippen LogP contribution in [-0.2, 0) is 0 Å². The molecule has 2 heteroatoms. The van der Waals surface area contributed by atoms with Crippen molar-refractivity contribution in [3.05, 3.63) is 48.0 Å². The minimum Gasteiger partial charge on any atom is -0.352 e. The quantitative estimate of drug-likeness (QED) is 0.686. The van der Waals surface area contributed by atoms with Crippen LogP contribution in [0.25, 0.3) is 0 Å². The summed E-state index contributed by atoms with van der Waals surface area (Å²) in [6, 6.07) is 7.52. The van der Waals surface area contributed by atoms with Gasteiger partial charge < -0.3 is 9.13 Å². The van der Waals surface area contributed by atoms with Gasteiger partial charge in [0.2, 0.25) is 0 Å². The molecule has 2 heterocycles.